The third-order valence-electron chi connectivity index (χ3n) is 8.70. The van der Waals surface area contributed by atoms with Crippen molar-refractivity contribution < 1.29 is 40.1 Å². The summed E-state index contributed by atoms with van der Waals surface area (Å²) in [6.45, 7) is 3.06. The molecule has 1 aromatic heterocycles. The van der Waals surface area contributed by atoms with Gasteiger partial charge in [-0.2, -0.15) is 0 Å². The van der Waals surface area contributed by atoms with Gasteiger partial charge >= 0.3 is 0 Å². The molecule has 1 heterocycles. The summed E-state index contributed by atoms with van der Waals surface area (Å²) in [6, 6.07) is -21.8. The zero-order chi connectivity index (χ0) is 54.6. The van der Waals surface area contributed by atoms with Crippen molar-refractivity contribution in [1.82, 2.24) is 0 Å². The van der Waals surface area contributed by atoms with Gasteiger partial charge in [0, 0.05) is 16.2 Å². The van der Waals surface area contributed by atoms with Gasteiger partial charge in [-0.15, -0.1) is 0 Å². The lowest BCUT2D eigenvalue weighted by Gasteiger charge is -2.21. The highest BCUT2D eigenvalue weighted by atomic mass is 16.3. The van der Waals surface area contributed by atoms with Crippen LogP contribution in [0.1, 0.15) is 60.6 Å². The first-order chi connectivity index (χ1) is 34.4. The molecule has 0 saturated heterocycles. The van der Waals surface area contributed by atoms with Gasteiger partial charge in [-0.25, -0.2) is 0 Å². The van der Waals surface area contributed by atoms with E-state index in [1.165, 1.54) is 13.8 Å². The lowest BCUT2D eigenvalue weighted by atomic mass is 9.82. The second-order valence-electron chi connectivity index (χ2n) is 11.6. The van der Waals surface area contributed by atoms with Gasteiger partial charge in [-0.05, 0) is 95.3 Å². The van der Waals surface area contributed by atoms with Crippen LogP contribution in [0.3, 0.4) is 0 Å². The predicted molar refractivity (Wildman–Crippen MR) is 203 cm³/mol. The fourth-order valence-electron chi connectivity index (χ4n) is 6.52. The van der Waals surface area contributed by atoms with Gasteiger partial charge in [0.15, 0.2) is 0 Å². The highest BCUT2D eigenvalue weighted by Gasteiger charge is 2.36. The van der Waals surface area contributed by atoms with Crippen molar-refractivity contribution in [3.8, 4) is 44.5 Å². The van der Waals surface area contributed by atoms with E-state index < -0.39 is 239 Å². The van der Waals surface area contributed by atoms with Gasteiger partial charge < -0.3 is 4.42 Å². The number of benzene rings is 8. The highest BCUT2D eigenvalue weighted by Crippen LogP contribution is 2.52. The topological polar surface area (TPSA) is 13.1 Å². The number of rotatable bonds is 3. The van der Waals surface area contributed by atoms with Gasteiger partial charge in [0.05, 0.1) is 35.6 Å². The minimum absolute atomic E-state index is 0.0276. The zero-order valence-corrected chi connectivity index (χ0v) is 24.9. The largest absolute Gasteiger partial charge is 0.456 e. The second kappa shape index (κ2) is 10.0. The van der Waals surface area contributed by atoms with Gasteiger partial charge in [0.1, 0.15) is 11.2 Å². The summed E-state index contributed by atoms with van der Waals surface area (Å²) in [5, 5.41) is -3.66. The van der Waals surface area contributed by atoms with Gasteiger partial charge in [-0.1, -0.05) is 153 Å². The summed E-state index contributed by atoms with van der Waals surface area (Å²) in [6.07, 6.45) is 0. The maximum Gasteiger partial charge on any atom is 0.135 e. The van der Waals surface area contributed by atoms with E-state index in [0.29, 0.717) is 0 Å². The Hall–Kier alpha value is -5.92. The van der Waals surface area contributed by atoms with E-state index in [9.17, 15) is 15.1 Å². The Labute approximate surface area is 316 Å². The summed E-state index contributed by atoms with van der Waals surface area (Å²) in [4.78, 5) is 0. The molecule has 0 spiro atoms. The van der Waals surface area contributed by atoms with Crippen LogP contribution in [0.4, 0.5) is 0 Å². The SMILES string of the molecule is [2H]c1c([2H])c([2H])c2c(c1[2H])-c1c(-c3c([2H])c([2H])c(-c4c5c([2H])c([2H])c([2H])c([2H])c5c(-c5c([2H])c([2H])c6oc7c([2H])c([2H])c([2H])c([2H])c7c6c5[2H])c5c([2H])c([2H])c([2H])c([2H])c45)c([2H])c3[2H])c([2H])c([2H])c([2H])c1C2(C)C. The van der Waals surface area contributed by atoms with Crippen LogP contribution in [0, 0.1) is 0 Å². The molecule has 0 fully saturated rings. The molecule has 1 aliphatic rings. The highest BCUT2D eigenvalue weighted by molar-refractivity contribution is 6.22. The van der Waals surface area contributed by atoms with Crippen LogP contribution >= 0.6 is 0 Å². The molecule has 0 bridgehead atoms. The molecule has 8 aromatic carbocycles. The Morgan fingerprint density at radius 3 is 1.60 bits per heavy atom. The molecule has 226 valence electrons. The van der Waals surface area contributed by atoms with Crippen molar-refractivity contribution >= 4 is 43.5 Å². The minimum Gasteiger partial charge on any atom is -0.456 e. The van der Waals surface area contributed by atoms with Crippen molar-refractivity contribution in [1.29, 1.82) is 0 Å². The molecule has 0 aliphatic heterocycles. The van der Waals surface area contributed by atoms with Crippen LogP contribution in [0.25, 0.3) is 88.0 Å². The van der Waals surface area contributed by atoms with Crippen LogP contribution in [-0.2, 0) is 5.41 Å². The third kappa shape index (κ3) is 3.79. The molecule has 9 aromatic rings. The Balaban J connectivity index is 1.44. The van der Waals surface area contributed by atoms with E-state index in [0.717, 1.165) is 0 Å². The standard InChI is InChI=1S/C47H32O/c1-47(2)40-19-9-7-17-38(40)46-32(18-11-20-41(46)47)29-22-24-30(25-23-29)44-34-13-3-5-15-36(34)45(37-16-6-4-14-35(37)44)31-26-27-43-39(28-31)33-12-8-10-21-42(33)48-43/h3-28H,1-2H3/i3D,4D,5D,6D,7D,8D,9D,10D,11D,12D,13D,14D,15D,16D,17D,18D,19D,20D,21D,22D,23D,24D,25D,26D,27D,28D. The van der Waals surface area contributed by atoms with Crippen LogP contribution in [0.5, 0.6) is 0 Å². The van der Waals surface area contributed by atoms with Crippen molar-refractivity contribution in [2.24, 2.45) is 0 Å². The van der Waals surface area contributed by atoms with Crippen LogP contribution < -0.4 is 0 Å². The first-order valence-electron chi connectivity index (χ1n) is 27.7. The van der Waals surface area contributed by atoms with Gasteiger partial charge in [0.2, 0.25) is 0 Å². The minimum atomic E-state index is -1.46. The molecule has 0 saturated carbocycles. The predicted octanol–water partition coefficient (Wildman–Crippen LogP) is 13.2. The quantitative estimate of drug-likeness (QED) is 0.176. The fraction of sp³-hybridized carbons (Fsp3) is 0.0638. The second-order valence-corrected chi connectivity index (χ2v) is 11.6. The van der Waals surface area contributed by atoms with Gasteiger partial charge in [0.25, 0.3) is 0 Å². The van der Waals surface area contributed by atoms with Gasteiger partial charge in [-0.3, -0.25) is 0 Å². The molecular weight excluding hydrogens is 581 g/mol. The average molecular weight is 639 g/mol. The molecule has 0 atom stereocenters. The number of hydrogen-bond donors (Lipinski definition) is 0. The van der Waals surface area contributed by atoms with E-state index >= 15 is 0 Å². The Morgan fingerprint density at radius 2 is 0.896 bits per heavy atom. The smallest absolute Gasteiger partial charge is 0.135 e. The monoisotopic (exact) mass is 638 g/mol. The number of furan rings is 1. The summed E-state index contributed by atoms with van der Waals surface area (Å²) in [5.41, 5.74) is -7.18. The summed E-state index contributed by atoms with van der Waals surface area (Å²) >= 11 is 0. The van der Waals surface area contributed by atoms with E-state index in [-0.39, 0.29) is 22.3 Å². The first kappa shape index (κ1) is 12.0. The van der Waals surface area contributed by atoms with Crippen molar-refractivity contribution in [3.63, 3.8) is 0 Å². The first-order valence-corrected chi connectivity index (χ1v) is 14.7. The van der Waals surface area contributed by atoms with Crippen molar-refractivity contribution in [2.75, 3.05) is 0 Å². The Bertz CT molecular complexity index is 4120. The molecule has 0 radical (unpaired) electrons. The summed E-state index contributed by atoms with van der Waals surface area (Å²) in [7, 11) is 0. The summed E-state index contributed by atoms with van der Waals surface area (Å²) < 4.78 is 242. The Morgan fingerprint density at radius 1 is 0.396 bits per heavy atom. The van der Waals surface area contributed by atoms with E-state index in [2.05, 4.69) is 0 Å². The number of para-hydroxylation sites is 1. The molecule has 48 heavy (non-hydrogen) atoms. The van der Waals surface area contributed by atoms with E-state index in [1.54, 1.807) is 0 Å². The number of hydrogen-bond acceptors (Lipinski definition) is 1. The molecule has 0 N–H and O–H groups in total. The Kier molecular flexibility index (Phi) is 2.50. The van der Waals surface area contributed by atoms with Crippen LogP contribution in [-0.4, -0.2) is 0 Å². The number of fused-ring (bicyclic) bond motifs is 8. The average Bonchev–Trinajstić information content (AvgIpc) is 3.88. The van der Waals surface area contributed by atoms with E-state index in [1.807, 2.05) is 0 Å². The lowest BCUT2D eigenvalue weighted by Crippen LogP contribution is -2.14. The lowest BCUT2D eigenvalue weighted by molar-refractivity contribution is 0.660. The molecule has 10 rings (SSSR count). The maximum atomic E-state index is 9.71. The van der Waals surface area contributed by atoms with E-state index in [4.69, 9.17) is 25.0 Å². The molecular formula is C47H32O. The normalized spacial score (nSPS) is 21.0. The molecule has 0 amide bonds. The van der Waals surface area contributed by atoms with Crippen molar-refractivity contribution in [3.05, 3.63) is 168 Å². The molecule has 1 nitrogen and oxygen atoms in total. The van der Waals surface area contributed by atoms with Crippen LogP contribution in [0.2, 0.25) is 0 Å². The van der Waals surface area contributed by atoms with Crippen LogP contribution in [0.15, 0.2) is 162 Å². The maximum absolute atomic E-state index is 9.71. The molecule has 0 unspecified atom stereocenters. The molecule has 1 aliphatic carbocycles. The van der Waals surface area contributed by atoms with Crippen molar-refractivity contribution in [2.45, 2.75) is 19.3 Å². The third-order valence-corrected chi connectivity index (χ3v) is 8.70. The fourth-order valence-corrected chi connectivity index (χ4v) is 6.52. The summed E-state index contributed by atoms with van der Waals surface area (Å²) in [5.74, 6) is 0. The molecule has 1 heteroatoms. The zero-order valence-electron chi connectivity index (χ0n) is 50.9.